The monoisotopic (exact) mass is 301 g/mol. The molecule has 1 aromatic carbocycles. The van der Waals surface area contributed by atoms with Crippen molar-refractivity contribution in [3.63, 3.8) is 0 Å². The summed E-state index contributed by atoms with van der Waals surface area (Å²) in [5.74, 6) is 1.55. The summed E-state index contributed by atoms with van der Waals surface area (Å²) >= 11 is 0. The lowest BCUT2D eigenvalue weighted by molar-refractivity contribution is -0.127. The van der Waals surface area contributed by atoms with Gasteiger partial charge in [0.05, 0.1) is 6.26 Å². The highest BCUT2D eigenvalue weighted by molar-refractivity contribution is 5.80. The number of nitrogens with one attached hydrogen (secondary N) is 1. The fourth-order valence-corrected chi connectivity index (χ4v) is 2.19. The average molecular weight is 301 g/mol. The predicted molar refractivity (Wildman–Crippen MR) is 85.9 cm³/mol. The Kier molecular flexibility index (Phi) is 5.64. The van der Waals surface area contributed by atoms with Crippen LogP contribution in [0.5, 0.6) is 5.75 Å². The summed E-state index contributed by atoms with van der Waals surface area (Å²) in [7, 11) is 0. The molecule has 0 saturated carbocycles. The maximum absolute atomic E-state index is 12.1. The zero-order chi connectivity index (χ0) is 15.9. The van der Waals surface area contributed by atoms with Crippen LogP contribution < -0.4 is 10.1 Å². The first-order valence-corrected chi connectivity index (χ1v) is 7.60. The summed E-state index contributed by atoms with van der Waals surface area (Å²) in [5.41, 5.74) is 1.11. The molecule has 1 aromatic heterocycles. The maximum Gasteiger partial charge on any atom is 0.260 e. The van der Waals surface area contributed by atoms with Gasteiger partial charge in [-0.05, 0) is 57.0 Å². The lowest BCUT2D eigenvalue weighted by atomic mass is 10.1. The Balaban J connectivity index is 1.77. The topological polar surface area (TPSA) is 51.5 Å². The van der Waals surface area contributed by atoms with Crippen LogP contribution in [0.1, 0.15) is 31.6 Å². The van der Waals surface area contributed by atoms with E-state index >= 15 is 0 Å². The molecule has 0 aliphatic rings. The largest absolute Gasteiger partial charge is 0.481 e. The number of carbonyl (C=O) groups excluding carboxylic acids is 1. The first-order valence-electron chi connectivity index (χ1n) is 7.60. The third kappa shape index (κ3) is 4.95. The van der Waals surface area contributed by atoms with Gasteiger partial charge < -0.3 is 14.5 Å². The molecule has 1 heterocycles. The molecule has 0 spiro atoms. The highest BCUT2D eigenvalue weighted by Gasteiger charge is 2.17. The van der Waals surface area contributed by atoms with Crippen LogP contribution in [0.2, 0.25) is 0 Å². The molecule has 1 amide bonds. The number of carbonyl (C=O) groups is 1. The van der Waals surface area contributed by atoms with E-state index in [9.17, 15) is 4.79 Å². The first-order chi connectivity index (χ1) is 10.5. The molecule has 0 saturated heterocycles. The van der Waals surface area contributed by atoms with Gasteiger partial charge in [-0.1, -0.05) is 12.1 Å². The van der Waals surface area contributed by atoms with Crippen LogP contribution in [0, 0.1) is 6.92 Å². The van der Waals surface area contributed by atoms with E-state index in [4.69, 9.17) is 9.15 Å². The number of amides is 1. The summed E-state index contributed by atoms with van der Waals surface area (Å²) in [5, 5.41) is 2.97. The van der Waals surface area contributed by atoms with Crippen LogP contribution in [-0.4, -0.2) is 18.1 Å². The molecular formula is C18H23NO3. The summed E-state index contributed by atoms with van der Waals surface area (Å²) in [4.78, 5) is 12.1. The minimum absolute atomic E-state index is 0.0705. The molecule has 1 N–H and O–H groups in total. The number of hydrogen-bond donors (Lipinski definition) is 1. The van der Waals surface area contributed by atoms with Gasteiger partial charge in [-0.15, -0.1) is 0 Å². The van der Waals surface area contributed by atoms with Crippen LogP contribution in [0.25, 0.3) is 0 Å². The van der Waals surface area contributed by atoms with E-state index in [0.717, 1.165) is 24.2 Å². The van der Waals surface area contributed by atoms with Crippen molar-refractivity contribution in [3.05, 3.63) is 54.0 Å². The van der Waals surface area contributed by atoms with Crippen LogP contribution in [-0.2, 0) is 11.2 Å². The smallest absolute Gasteiger partial charge is 0.260 e. The predicted octanol–water partition coefficient (Wildman–Crippen LogP) is 3.49. The van der Waals surface area contributed by atoms with Gasteiger partial charge in [0.25, 0.3) is 5.91 Å². The standard InChI is InChI=1S/C18H23NO3/c1-13-6-4-7-17(12-13)22-15(3)18(20)19-14(2)9-10-16-8-5-11-21-16/h4-8,11-12,14-15H,9-10H2,1-3H3,(H,19,20). The third-order valence-electron chi connectivity index (χ3n) is 3.46. The molecule has 0 bridgehead atoms. The Morgan fingerprint density at radius 1 is 1.27 bits per heavy atom. The second-order valence-electron chi connectivity index (χ2n) is 5.60. The van der Waals surface area contributed by atoms with E-state index in [0.29, 0.717) is 5.75 Å². The van der Waals surface area contributed by atoms with Crippen LogP contribution in [0.4, 0.5) is 0 Å². The van der Waals surface area contributed by atoms with E-state index in [2.05, 4.69) is 5.32 Å². The summed E-state index contributed by atoms with van der Waals surface area (Å²) in [6.45, 7) is 5.74. The molecule has 4 heteroatoms. The number of hydrogen-bond acceptors (Lipinski definition) is 3. The normalized spacial score (nSPS) is 13.4. The number of aryl methyl sites for hydroxylation is 2. The molecular weight excluding hydrogens is 278 g/mol. The molecule has 0 radical (unpaired) electrons. The molecule has 2 aromatic rings. The van der Waals surface area contributed by atoms with Crippen molar-refractivity contribution in [2.45, 2.75) is 45.8 Å². The Morgan fingerprint density at radius 2 is 2.09 bits per heavy atom. The zero-order valence-electron chi connectivity index (χ0n) is 13.3. The molecule has 118 valence electrons. The van der Waals surface area contributed by atoms with E-state index in [1.165, 1.54) is 0 Å². The molecule has 4 nitrogen and oxygen atoms in total. The van der Waals surface area contributed by atoms with Gasteiger partial charge in [-0.3, -0.25) is 4.79 Å². The highest BCUT2D eigenvalue weighted by atomic mass is 16.5. The van der Waals surface area contributed by atoms with Gasteiger partial charge >= 0.3 is 0 Å². The Morgan fingerprint density at radius 3 is 2.77 bits per heavy atom. The Labute approximate surface area is 131 Å². The zero-order valence-corrected chi connectivity index (χ0v) is 13.3. The molecule has 0 aliphatic carbocycles. The second-order valence-corrected chi connectivity index (χ2v) is 5.60. The molecule has 0 aliphatic heterocycles. The molecule has 2 rings (SSSR count). The van der Waals surface area contributed by atoms with Crippen LogP contribution >= 0.6 is 0 Å². The van der Waals surface area contributed by atoms with Crippen LogP contribution in [0.3, 0.4) is 0 Å². The minimum Gasteiger partial charge on any atom is -0.481 e. The van der Waals surface area contributed by atoms with Crippen molar-refractivity contribution in [2.75, 3.05) is 0 Å². The van der Waals surface area contributed by atoms with Crippen molar-refractivity contribution in [3.8, 4) is 5.75 Å². The van der Waals surface area contributed by atoms with E-state index in [-0.39, 0.29) is 11.9 Å². The Hall–Kier alpha value is -2.23. The molecule has 2 atom stereocenters. The van der Waals surface area contributed by atoms with Crippen molar-refractivity contribution in [2.24, 2.45) is 0 Å². The van der Waals surface area contributed by atoms with E-state index in [1.807, 2.05) is 50.2 Å². The fraction of sp³-hybridized carbons (Fsp3) is 0.389. The van der Waals surface area contributed by atoms with Crippen molar-refractivity contribution < 1.29 is 13.9 Å². The van der Waals surface area contributed by atoms with Crippen molar-refractivity contribution in [1.82, 2.24) is 5.32 Å². The van der Waals surface area contributed by atoms with Gasteiger partial charge in [-0.2, -0.15) is 0 Å². The third-order valence-corrected chi connectivity index (χ3v) is 3.46. The van der Waals surface area contributed by atoms with Crippen LogP contribution in [0.15, 0.2) is 47.1 Å². The van der Waals surface area contributed by atoms with E-state index in [1.54, 1.807) is 13.2 Å². The molecule has 0 fully saturated rings. The van der Waals surface area contributed by atoms with Gasteiger partial charge in [-0.25, -0.2) is 0 Å². The molecule has 22 heavy (non-hydrogen) atoms. The first kappa shape index (κ1) is 16.1. The minimum atomic E-state index is -0.520. The lowest BCUT2D eigenvalue weighted by Gasteiger charge is -2.18. The number of furan rings is 1. The van der Waals surface area contributed by atoms with Gasteiger partial charge in [0.1, 0.15) is 11.5 Å². The lowest BCUT2D eigenvalue weighted by Crippen LogP contribution is -2.41. The van der Waals surface area contributed by atoms with Crippen molar-refractivity contribution in [1.29, 1.82) is 0 Å². The maximum atomic E-state index is 12.1. The van der Waals surface area contributed by atoms with Gasteiger partial charge in [0.15, 0.2) is 6.10 Å². The fourth-order valence-electron chi connectivity index (χ4n) is 2.19. The number of ether oxygens (including phenoxy) is 1. The number of rotatable bonds is 7. The summed E-state index contributed by atoms with van der Waals surface area (Å²) in [6, 6.07) is 11.6. The van der Waals surface area contributed by atoms with E-state index < -0.39 is 6.10 Å². The molecule has 2 unspecified atom stereocenters. The number of benzene rings is 1. The quantitative estimate of drug-likeness (QED) is 0.851. The average Bonchev–Trinajstić information content (AvgIpc) is 2.98. The Bertz CT molecular complexity index is 592. The second kappa shape index (κ2) is 7.69. The summed E-state index contributed by atoms with van der Waals surface area (Å²) in [6.07, 6.45) is 2.78. The SMILES string of the molecule is Cc1cccc(OC(C)C(=O)NC(C)CCc2ccco2)c1. The highest BCUT2D eigenvalue weighted by Crippen LogP contribution is 2.14. The van der Waals surface area contributed by atoms with Gasteiger partial charge in [0.2, 0.25) is 0 Å². The van der Waals surface area contributed by atoms with Crippen molar-refractivity contribution >= 4 is 5.91 Å². The summed E-state index contributed by atoms with van der Waals surface area (Å²) < 4.78 is 11.0. The van der Waals surface area contributed by atoms with Gasteiger partial charge in [0, 0.05) is 12.5 Å².